The molecule has 0 aliphatic rings. The van der Waals surface area contributed by atoms with Gasteiger partial charge in [-0.25, -0.2) is 14.3 Å². The molecular weight excluding hydrogens is 498 g/mol. The lowest BCUT2D eigenvalue weighted by Gasteiger charge is -2.12. The number of thioether (sulfide) groups is 1. The van der Waals surface area contributed by atoms with E-state index in [-0.39, 0.29) is 22.2 Å². The Morgan fingerprint density at radius 2 is 1.66 bits per heavy atom. The lowest BCUT2D eigenvalue weighted by Crippen LogP contribution is -2.16. The molecule has 0 N–H and O–H groups in total. The number of esters is 2. The van der Waals surface area contributed by atoms with E-state index >= 15 is 0 Å². The van der Waals surface area contributed by atoms with Crippen LogP contribution >= 0.6 is 27.7 Å². The molecule has 0 atom stereocenters. The molecule has 0 bridgehead atoms. The molecule has 0 aliphatic carbocycles. The van der Waals surface area contributed by atoms with E-state index < -0.39 is 11.9 Å². The molecule has 32 heavy (non-hydrogen) atoms. The Morgan fingerprint density at radius 3 is 2.25 bits per heavy atom. The summed E-state index contributed by atoms with van der Waals surface area (Å²) >= 11 is 4.40. The topological polar surface area (TPSA) is 90.7 Å². The van der Waals surface area contributed by atoms with Crippen LogP contribution in [0.2, 0.25) is 0 Å². The summed E-state index contributed by atoms with van der Waals surface area (Å²) in [5.41, 5.74) is 1.12. The predicted octanol–water partition coefficient (Wildman–Crippen LogP) is 4.65. The van der Waals surface area contributed by atoms with Crippen LogP contribution in [0.15, 0.2) is 57.9 Å². The monoisotopic (exact) mass is 517 g/mol. The van der Waals surface area contributed by atoms with Crippen molar-refractivity contribution in [3.63, 3.8) is 0 Å². The molecule has 2 aromatic carbocycles. The van der Waals surface area contributed by atoms with Crippen LogP contribution in [0.4, 0.5) is 4.79 Å². The van der Waals surface area contributed by atoms with Crippen molar-refractivity contribution < 1.29 is 23.9 Å². The number of halogens is 1. The summed E-state index contributed by atoms with van der Waals surface area (Å²) in [6.07, 6.45) is 0. The van der Waals surface area contributed by atoms with Crippen molar-refractivity contribution in [2.75, 3.05) is 28.3 Å². The Morgan fingerprint density at radius 1 is 1.00 bits per heavy atom. The molecule has 3 aromatic rings. The van der Waals surface area contributed by atoms with Crippen LogP contribution in [-0.2, 0) is 9.47 Å². The average molecular weight is 518 g/mol. The van der Waals surface area contributed by atoms with E-state index in [1.165, 1.54) is 23.8 Å². The summed E-state index contributed by atoms with van der Waals surface area (Å²) in [6.45, 7) is 0. The zero-order valence-electron chi connectivity index (χ0n) is 17.8. The summed E-state index contributed by atoms with van der Waals surface area (Å²) in [6, 6.07) is 14.1. The molecule has 1 heterocycles. The van der Waals surface area contributed by atoms with E-state index in [0.717, 1.165) is 16.2 Å². The summed E-state index contributed by atoms with van der Waals surface area (Å²) in [7, 11) is 5.74. The predicted molar refractivity (Wildman–Crippen MR) is 124 cm³/mol. The molecule has 166 valence electrons. The molecule has 3 rings (SSSR count). The average Bonchev–Trinajstić information content (AvgIpc) is 3.19. The normalized spacial score (nSPS) is 10.5. The van der Waals surface area contributed by atoms with Crippen molar-refractivity contribution >= 4 is 44.9 Å². The minimum atomic E-state index is -0.750. The fraction of sp³-hybridized carbons (Fsp3) is 0.182. The Labute approximate surface area is 197 Å². The number of aromatic nitrogens is 2. The van der Waals surface area contributed by atoms with E-state index in [2.05, 4.69) is 21.0 Å². The number of ether oxygens (including phenoxy) is 2. The highest BCUT2D eigenvalue weighted by Crippen LogP contribution is 2.37. The van der Waals surface area contributed by atoms with Gasteiger partial charge in [0.05, 0.1) is 19.9 Å². The maximum absolute atomic E-state index is 12.8. The fourth-order valence-corrected chi connectivity index (χ4v) is 4.25. The SMILES string of the molecule is COC(=O)c1c(-c2ccc(Br)cc2SC(=O)N(C)C)nn(-c2ccccc2)c1C(=O)OC. The number of hydrogen-bond donors (Lipinski definition) is 0. The third-order valence-corrected chi connectivity index (χ3v) is 6.01. The van der Waals surface area contributed by atoms with Crippen LogP contribution in [0.1, 0.15) is 20.8 Å². The number of rotatable bonds is 5. The first-order valence-electron chi connectivity index (χ1n) is 9.32. The van der Waals surface area contributed by atoms with Gasteiger partial charge in [0.1, 0.15) is 11.3 Å². The number of carbonyl (C=O) groups is 3. The number of para-hydroxylation sites is 1. The van der Waals surface area contributed by atoms with Gasteiger partial charge in [-0.2, -0.15) is 5.10 Å². The van der Waals surface area contributed by atoms with Gasteiger partial charge in [-0.15, -0.1) is 0 Å². The Kier molecular flexibility index (Phi) is 7.37. The number of carbonyl (C=O) groups excluding carboxylic acids is 3. The molecule has 0 spiro atoms. The van der Waals surface area contributed by atoms with Crippen LogP contribution in [-0.4, -0.2) is 60.2 Å². The van der Waals surface area contributed by atoms with Crippen LogP contribution < -0.4 is 0 Å². The van der Waals surface area contributed by atoms with Crippen molar-refractivity contribution in [2.24, 2.45) is 0 Å². The number of nitrogens with zero attached hydrogens (tertiary/aromatic N) is 3. The van der Waals surface area contributed by atoms with Crippen molar-refractivity contribution in [3.05, 3.63) is 64.3 Å². The van der Waals surface area contributed by atoms with Crippen LogP contribution in [0.5, 0.6) is 0 Å². The fourth-order valence-electron chi connectivity index (χ4n) is 2.90. The highest BCUT2D eigenvalue weighted by molar-refractivity contribution is 9.10. The molecule has 0 aliphatic heterocycles. The first-order chi connectivity index (χ1) is 15.3. The molecule has 0 saturated carbocycles. The standard InChI is InChI=1S/C22H20BrN3O5S/c1-25(2)22(29)32-16-12-13(23)10-11-15(16)18-17(20(27)30-3)19(21(28)31-4)26(24-18)14-8-6-5-7-9-14/h5-12H,1-4H3. The van der Waals surface area contributed by atoms with Gasteiger partial charge < -0.3 is 14.4 Å². The highest BCUT2D eigenvalue weighted by atomic mass is 79.9. The van der Waals surface area contributed by atoms with Gasteiger partial charge in [0.15, 0.2) is 5.69 Å². The Hall–Kier alpha value is -3.11. The first kappa shape index (κ1) is 23.6. The minimum absolute atomic E-state index is 0.0512. The molecule has 10 heteroatoms. The van der Waals surface area contributed by atoms with Gasteiger partial charge in [0, 0.05) is 29.0 Å². The second-order valence-electron chi connectivity index (χ2n) is 6.71. The summed E-state index contributed by atoms with van der Waals surface area (Å²) in [4.78, 5) is 40.0. The Balaban J connectivity index is 2.35. The van der Waals surface area contributed by atoms with E-state index in [4.69, 9.17) is 9.47 Å². The zero-order chi connectivity index (χ0) is 23.4. The van der Waals surface area contributed by atoms with Gasteiger partial charge in [0.2, 0.25) is 0 Å². The molecule has 0 fully saturated rings. The number of hydrogen-bond acceptors (Lipinski definition) is 7. The van der Waals surface area contributed by atoms with Gasteiger partial charge in [-0.05, 0) is 36.0 Å². The largest absolute Gasteiger partial charge is 0.465 e. The molecule has 1 amide bonds. The summed E-state index contributed by atoms with van der Waals surface area (Å²) in [5.74, 6) is -1.50. The molecule has 1 aromatic heterocycles. The second-order valence-corrected chi connectivity index (χ2v) is 8.61. The highest BCUT2D eigenvalue weighted by Gasteiger charge is 2.32. The van der Waals surface area contributed by atoms with Gasteiger partial charge in [-0.3, -0.25) is 4.79 Å². The number of methoxy groups -OCH3 is 2. The van der Waals surface area contributed by atoms with Crippen molar-refractivity contribution in [2.45, 2.75) is 4.90 Å². The van der Waals surface area contributed by atoms with Crippen molar-refractivity contribution in [1.82, 2.24) is 14.7 Å². The first-order valence-corrected chi connectivity index (χ1v) is 10.9. The molecule has 0 saturated heterocycles. The van der Waals surface area contributed by atoms with E-state index in [1.54, 1.807) is 56.6 Å². The minimum Gasteiger partial charge on any atom is -0.465 e. The number of benzene rings is 2. The summed E-state index contributed by atoms with van der Waals surface area (Å²) in [5, 5.41) is 4.38. The Bertz CT molecular complexity index is 1180. The maximum Gasteiger partial charge on any atom is 0.357 e. The molecule has 8 nitrogen and oxygen atoms in total. The third kappa shape index (κ3) is 4.71. The smallest absolute Gasteiger partial charge is 0.357 e. The number of amides is 1. The van der Waals surface area contributed by atoms with Crippen LogP contribution in [0, 0.1) is 0 Å². The van der Waals surface area contributed by atoms with E-state index in [9.17, 15) is 14.4 Å². The van der Waals surface area contributed by atoms with E-state index in [1.807, 2.05) is 6.07 Å². The van der Waals surface area contributed by atoms with E-state index in [0.29, 0.717) is 16.1 Å². The second kappa shape index (κ2) is 10.0. The lowest BCUT2D eigenvalue weighted by molar-refractivity contribution is 0.0549. The zero-order valence-corrected chi connectivity index (χ0v) is 20.2. The molecule has 0 unspecified atom stereocenters. The quantitative estimate of drug-likeness (QED) is 0.359. The maximum atomic E-state index is 12.8. The lowest BCUT2D eigenvalue weighted by atomic mass is 10.1. The van der Waals surface area contributed by atoms with Gasteiger partial charge >= 0.3 is 11.9 Å². The van der Waals surface area contributed by atoms with Crippen molar-refractivity contribution in [3.8, 4) is 16.9 Å². The van der Waals surface area contributed by atoms with Crippen LogP contribution in [0.3, 0.4) is 0 Å². The van der Waals surface area contributed by atoms with Crippen molar-refractivity contribution in [1.29, 1.82) is 0 Å². The summed E-state index contributed by atoms with van der Waals surface area (Å²) < 4.78 is 12.0. The van der Waals surface area contributed by atoms with Crippen LogP contribution in [0.25, 0.3) is 16.9 Å². The van der Waals surface area contributed by atoms with Gasteiger partial charge in [0.25, 0.3) is 5.24 Å². The molecule has 0 radical (unpaired) electrons. The third-order valence-electron chi connectivity index (χ3n) is 4.42. The molecular formula is C22H20BrN3O5S. The van der Waals surface area contributed by atoms with Gasteiger partial charge in [-0.1, -0.05) is 40.2 Å².